The normalized spacial score (nSPS) is 10.5. The van der Waals surface area contributed by atoms with Crippen LogP contribution in [0.3, 0.4) is 0 Å². The Morgan fingerprint density at radius 1 is 1.10 bits per heavy atom. The van der Waals surface area contributed by atoms with E-state index in [9.17, 15) is 0 Å². The van der Waals surface area contributed by atoms with Gasteiger partial charge in [-0.1, -0.05) is 42.0 Å². The fourth-order valence-corrected chi connectivity index (χ4v) is 3.17. The summed E-state index contributed by atoms with van der Waals surface area (Å²) in [5.74, 6) is 2.14. The minimum Gasteiger partial charge on any atom is -0.384 e. The number of nitrogens with two attached hydrogens (primary N) is 1. The van der Waals surface area contributed by atoms with Crippen molar-refractivity contribution in [2.75, 3.05) is 0 Å². The zero-order chi connectivity index (χ0) is 14.5. The van der Waals surface area contributed by atoms with E-state index in [1.165, 1.54) is 22.3 Å². The molecule has 0 bridgehead atoms. The van der Waals surface area contributed by atoms with Crippen LogP contribution in [0.4, 0.5) is 0 Å². The molecule has 0 atom stereocenters. The Bertz CT molecular complexity index is 620. The number of nitrogen functional groups attached to an aromatic ring is 1. The minimum atomic E-state index is 0.132. The van der Waals surface area contributed by atoms with E-state index >= 15 is 0 Å². The number of aryl methyl sites for hydroxylation is 2. The Kier molecular flexibility index (Phi) is 4.85. The van der Waals surface area contributed by atoms with Gasteiger partial charge < -0.3 is 5.73 Å². The lowest BCUT2D eigenvalue weighted by Gasteiger charge is -2.08. The second kappa shape index (κ2) is 6.62. The van der Waals surface area contributed by atoms with Crippen LogP contribution in [0.2, 0.25) is 0 Å². The average Bonchev–Trinajstić information content (AvgIpc) is 2.40. The van der Waals surface area contributed by atoms with E-state index in [1.807, 2.05) is 23.9 Å². The highest BCUT2D eigenvalue weighted by molar-refractivity contribution is 7.97. The van der Waals surface area contributed by atoms with Crippen molar-refractivity contribution < 1.29 is 0 Å². The fraction of sp³-hybridized carbons (Fsp3) is 0.235. The number of nitrogens with one attached hydrogen (secondary N) is 1. The lowest BCUT2D eigenvalue weighted by Crippen LogP contribution is -2.11. The summed E-state index contributed by atoms with van der Waals surface area (Å²) in [6.45, 7) is 4.20. The maximum atomic E-state index is 7.45. The summed E-state index contributed by atoms with van der Waals surface area (Å²) in [7, 11) is 0. The van der Waals surface area contributed by atoms with Crippen molar-refractivity contribution in [3.8, 4) is 0 Å². The molecule has 2 nitrogen and oxygen atoms in total. The van der Waals surface area contributed by atoms with Crippen LogP contribution in [0.15, 0.2) is 42.5 Å². The third-order valence-corrected chi connectivity index (χ3v) is 4.31. The first-order valence-electron chi connectivity index (χ1n) is 6.63. The van der Waals surface area contributed by atoms with Crippen LogP contribution in [0.1, 0.15) is 27.8 Å². The molecule has 0 radical (unpaired) electrons. The molecule has 0 aliphatic rings. The summed E-state index contributed by atoms with van der Waals surface area (Å²) in [5.41, 5.74) is 11.5. The van der Waals surface area contributed by atoms with Gasteiger partial charge in [-0.2, -0.15) is 11.8 Å². The Morgan fingerprint density at radius 3 is 2.55 bits per heavy atom. The smallest absolute Gasteiger partial charge is 0.122 e. The van der Waals surface area contributed by atoms with E-state index in [0.717, 1.165) is 17.1 Å². The van der Waals surface area contributed by atoms with Crippen LogP contribution in [-0.2, 0) is 11.5 Å². The Hall–Kier alpha value is -1.74. The Labute approximate surface area is 124 Å². The first-order chi connectivity index (χ1) is 9.56. The van der Waals surface area contributed by atoms with E-state index in [-0.39, 0.29) is 5.84 Å². The number of rotatable bonds is 5. The molecular weight excluding hydrogens is 264 g/mol. The van der Waals surface area contributed by atoms with E-state index in [2.05, 4.69) is 44.2 Å². The van der Waals surface area contributed by atoms with Gasteiger partial charge in [0.25, 0.3) is 0 Å². The molecule has 0 unspecified atom stereocenters. The van der Waals surface area contributed by atoms with Gasteiger partial charge in [0, 0.05) is 17.1 Å². The molecule has 0 heterocycles. The summed E-state index contributed by atoms with van der Waals surface area (Å²) in [5, 5.41) is 7.45. The molecule has 0 saturated heterocycles. The molecule has 0 saturated carbocycles. The lowest BCUT2D eigenvalue weighted by molar-refractivity contribution is 1.28. The summed E-state index contributed by atoms with van der Waals surface area (Å²) in [6, 6.07) is 14.6. The summed E-state index contributed by atoms with van der Waals surface area (Å²) in [4.78, 5) is 0. The number of amidine groups is 1. The maximum absolute atomic E-state index is 7.45. The fourth-order valence-electron chi connectivity index (χ4n) is 2.11. The van der Waals surface area contributed by atoms with Crippen molar-refractivity contribution in [3.05, 3.63) is 70.3 Å². The minimum absolute atomic E-state index is 0.132. The molecule has 104 valence electrons. The number of thioether (sulfide) groups is 1. The Morgan fingerprint density at radius 2 is 1.90 bits per heavy atom. The first kappa shape index (κ1) is 14.7. The van der Waals surface area contributed by atoms with E-state index in [1.54, 1.807) is 0 Å². The highest BCUT2D eigenvalue weighted by atomic mass is 32.2. The SMILES string of the molecule is Cc1cccc(CSCc2ccc(C(=N)N)cc2C)c1. The summed E-state index contributed by atoms with van der Waals surface area (Å²) in [6.07, 6.45) is 0. The second-order valence-corrected chi connectivity index (χ2v) is 6.02. The Balaban J connectivity index is 1.96. The zero-order valence-electron chi connectivity index (χ0n) is 11.9. The highest BCUT2D eigenvalue weighted by Crippen LogP contribution is 2.21. The second-order valence-electron chi connectivity index (χ2n) is 5.04. The van der Waals surface area contributed by atoms with Crippen molar-refractivity contribution in [2.24, 2.45) is 5.73 Å². The van der Waals surface area contributed by atoms with Gasteiger partial charge >= 0.3 is 0 Å². The molecule has 0 fully saturated rings. The number of hydrogen-bond acceptors (Lipinski definition) is 2. The van der Waals surface area contributed by atoms with Gasteiger partial charge in [-0.25, -0.2) is 0 Å². The molecule has 3 N–H and O–H groups in total. The number of benzene rings is 2. The third kappa shape index (κ3) is 3.87. The third-order valence-electron chi connectivity index (χ3n) is 3.26. The highest BCUT2D eigenvalue weighted by Gasteiger charge is 2.03. The predicted molar refractivity (Wildman–Crippen MR) is 88.4 cm³/mol. The molecule has 3 heteroatoms. The lowest BCUT2D eigenvalue weighted by atomic mass is 10.1. The van der Waals surface area contributed by atoms with Gasteiger partial charge in [-0.3, -0.25) is 5.41 Å². The van der Waals surface area contributed by atoms with Gasteiger partial charge in [-0.05, 0) is 36.6 Å². The van der Waals surface area contributed by atoms with Crippen LogP contribution in [-0.4, -0.2) is 5.84 Å². The molecule has 20 heavy (non-hydrogen) atoms. The molecule has 0 aliphatic heterocycles. The first-order valence-corrected chi connectivity index (χ1v) is 7.79. The van der Waals surface area contributed by atoms with Crippen LogP contribution in [0.5, 0.6) is 0 Å². The van der Waals surface area contributed by atoms with E-state index in [0.29, 0.717) is 0 Å². The topological polar surface area (TPSA) is 49.9 Å². The van der Waals surface area contributed by atoms with Crippen molar-refractivity contribution in [3.63, 3.8) is 0 Å². The van der Waals surface area contributed by atoms with E-state index in [4.69, 9.17) is 11.1 Å². The van der Waals surface area contributed by atoms with Crippen molar-refractivity contribution in [1.29, 1.82) is 5.41 Å². The molecule has 0 spiro atoms. The number of hydrogen-bond donors (Lipinski definition) is 2. The molecule has 2 aromatic carbocycles. The van der Waals surface area contributed by atoms with Gasteiger partial charge in [0.05, 0.1) is 0 Å². The van der Waals surface area contributed by atoms with Crippen molar-refractivity contribution in [1.82, 2.24) is 0 Å². The van der Waals surface area contributed by atoms with Crippen LogP contribution in [0.25, 0.3) is 0 Å². The molecule has 2 aromatic rings. The standard InChI is InChI=1S/C17H20N2S/c1-12-4-3-5-14(8-12)10-20-11-16-7-6-15(17(18)19)9-13(16)2/h3-9H,10-11H2,1-2H3,(H3,18,19). The quantitative estimate of drug-likeness (QED) is 0.643. The largest absolute Gasteiger partial charge is 0.384 e. The summed E-state index contributed by atoms with van der Waals surface area (Å²) >= 11 is 1.91. The molecule has 0 amide bonds. The van der Waals surface area contributed by atoms with Crippen molar-refractivity contribution >= 4 is 17.6 Å². The van der Waals surface area contributed by atoms with Crippen LogP contribution < -0.4 is 5.73 Å². The van der Waals surface area contributed by atoms with Crippen molar-refractivity contribution in [2.45, 2.75) is 25.4 Å². The molecule has 0 aromatic heterocycles. The van der Waals surface area contributed by atoms with Gasteiger partial charge in [0.15, 0.2) is 0 Å². The van der Waals surface area contributed by atoms with Crippen LogP contribution in [0, 0.1) is 19.3 Å². The average molecular weight is 284 g/mol. The van der Waals surface area contributed by atoms with Gasteiger partial charge in [-0.15, -0.1) is 0 Å². The van der Waals surface area contributed by atoms with E-state index < -0.39 is 0 Å². The van der Waals surface area contributed by atoms with Gasteiger partial charge in [0.1, 0.15) is 5.84 Å². The molecule has 2 rings (SSSR count). The molecule has 0 aliphatic carbocycles. The van der Waals surface area contributed by atoms with Crippen LogP contribution >= 0.6 is 11.8 Å². The molecular formula is C17H20N2S. The predicted octanol–water partition coefficient (Wildman–Crippen LogP) is 4.02. The van der Waals surface area contributed by atoms with Gasteiger partial charge in [0.2, 0.25) is 0 Å². The maximum Gasteiger partial charge on any atom is 0.122 e. The monoisotopic (exact) mass is 284 g/mol. The zero-order valence-corrected chi connectivity index (χ0v) is 12.8. The summed E-state index contributed by atoms with van der Waals surface area (Å²) < 4.78 is 0.